The summed E-state index contributed by atoms with van der Waals surface area (Å²) in [5.74, 6) is 0.624. The van der Waals surface area contributed by atoms with Gasteiger partial charge >= 0.3 is 0 Å². The molecule has 0 aliphatic heterocycles. The normalized spacial score (nSPS) is 12.0. The van der Waals surface area contributed by atoms with Crippen LogP contribution in [0.5, 0.6) is 11.5 Å². The van der Waals surface area contributed by atoms with Gasteiger partial charge in [-0.2, -0.15) is 0 Å². The highest BCUT2D eigenvalue weighted by molar-refractivity contribution is 9.11. The zero-order valence-corrected chi connectivity index (χ0v) is 14.3. The number of hydrogen-bond acceptors (Lipinski definition) is 3. The van der Waals surface area contributed by atoms with Gasteiger partial charge in [-0.05, 0) is 58.7 Å². The minimum Gasteiger partial charge on any atom is -0.504 e. The van der Waals surface area contributed by atoms with Gasteiger partial charge in [0.1, 0.15) is 0 Å². The van der Waals surface area contributed by atoms with Crippen molar-refractivity contribution >= 4 is 37.5 Å². The largest absolute Gasteiger partial charge is 0.504 e. The summed E-state index contributed by atoms with van der Waals surface area (Å²) in [6.07, 6.45) is 0. The van der Waals surface area contributed by atoms with E-state index in [0.29, 0.717) is 5.75 Å². The Morgan fingerprint density at radius 2 is 1.90 bits per heavy atom. The number of phenols is 1. The second kappa shape index (κ2) is 6.50. The van der Waals surface area contributed by atoms with Gasteiger partial charge in [0.15, 0.2) is 11.5 Å². The lowest BCUT2D eigenvalue weighted by atomic mass is 10.1. The van der Waals surface area contributed by atoms with Gasteiger partial charge in [0, 0.05) is 20.7 Å². The lowest BCUT2D eigenvalue weighted by Crippen LogP contribution is -2.07. The number of anilines is 1. The van der Waals surface area contributed by atoms with E-state index < -0.39 is 0 Å². The molecule has 0 spiro atoms. The number of rotatable bonds is 4. The maximum Gasteiger partial charge on any atom is 0.160 e. The summed E-state index contributed by atoms with van der Waals surface area (Å²) in [5.41, 5.74) is 2.04. The summed E-state index contributed by atoms with van der Waals surface area (Å²) in [5, 5.41) is 13.0. The highest BCUT2D eigenvalue weighted by Crippen LogP contribution is 2.32. The highest BCUT2D eigenvalue weighted by atomic mass is 79.9. The minimum absolute atomic E-state index is 0.0852. The molecule has 106 valence electrons. The van der Waals surface area contributed by atoms with Crippen molar-refractivity contribution in [2.75, 3.05) is 12.4 Å². The van der Waals surface area contributed by atoms with Crippen LogP contribution in [0.1, 0.15) is 18.5 Å². The topological polar surface area (TPSA) is 41.5 Å². The standard InChI is InChI=1S/C15H15Br2NO2/c1-9(10-3-6-14(19)15(7-10)20-2)18-13-5-4-11(16)8-12(13)17/h3-9,18-19H,1-2H3. The number of halogens is 2. The number of methoxy groups -OCH3 is 1. The van der Waals surface area contributed by atoms with Crippen LogP contribution >= 0.6 is 31.9 Å². The molecule has 0 fully saturated rings. The van der Waals surface area contributed by atoms with E-state index in [-0.39, 0.29) is 11.8 Å². The van der Waals surface area contributed by atoms with Gasteiger partial charge in [0.2, 0.25) is 0 Å². The Kier molecular flexibility index (Phi) is 4.94. The second-order valence-electron chi connectivity index (χ2n) is 4.42. The lowest BCUT2D eigenvalue weighted by molar-refractivity contribution is 0.373. The van der Waals surface area contributed by atoms with Crippen molar-refractivity contribution in [1.82, 2.24) is 0 Å². The molecule has 1 atom stereocenters. The summed E-state index contributed by atoms with van der Waals surface area (Å²) in [6, 6.07) is 11.4. The van der Waals surface area contributed by atoms with E-state index in [4.69, 9.17) is 4.74 Å². The number of hydrogen-bond donors (Lipinski definition) is 2. The number of phenolic OH excluding ortho intramolecular Hbond substituents is 1. The van der Waals surface area contributed by atoms with Gasteiger partial charge in [-0.3, -0.25) is 0 Å². The summed E-state index contributed by atoms with van der Waals surface area (Å²) < 4.78 is 7.14. The fraction of sp³-hybridized carbons (Fsp3) is 0.200. The SMILES string of the molecule is COc1cc(C(C)Nc2ccc(Br)cc2Br)ccc1O. The van der Waals surface area contributed by atoms with Gasteiger partial charge < -0.3 is 15.2 Å². The summed E-state index contributed by atoms with van der Waals surface area (Å²) in [7, 11) is 1.54. The van der Waals surface area contributed by atoms with Crippen LogP contribution in [-0.4, -0.2) is 12.2 Å². The number of nitrogens with one attached hydrogen (secondary N) is 1. The van der Waals surface area contributed by atoms with Crippen LogP contribution in [-0.2, 0) is 0 Å². The fourth-order valence-corrected chi connectivity index (χ4v) is 3.05. The van der Waals surface area contributed by atoms with Crippen molar-refractivity contribution in [2.24, 2.45) is 0 Å². The quantitative estimate of drug-likeness (QED) is 0.750. The van der Waals surface area contributed by atoms with Crippen molar-refractivity contribution in [1.29, 1.82) is 0 Å². The molecule has 0 amide bonds. The maximum atomic E-state index is 9.62. The predicted molar refractivity (Wildman–Crippen MR) is 88.5 cm³/mol. The Morgan fingerprint density at radius 1 is 1.15 bits per heavy atom. The van der Waals surface area contributed by atoms with Crippen molar-refractivity contribution in [3.63, 3.8) is 0 Å². The Bertz CT molecular complexity index is 617. The molecule has 20 heavy (non-hydrogen) atoms. The van der Waals surface area contributed by atoms with Crippen LogP contribution in [0.25, 0.3) is 0 Å². The van der Waals surface area contributed by atoms with Crippen LogP contribution in [0, 0.1) is 0 Å². The van der Waals surface area contributed by atoms with Crippen molar-refractivity contribution in [2.45, 2.75) is 13.0 Å². The first-order valence-corrected chi connectivity index (χ1v) is 7.68. The smallest absolute Gasteiger partial charge is 0.160 e. The van der Waals surface area contributed by atoms with Crippen LogP contribution in [0.3, 0.4) is 0 Å². The van der Waals surface area contributed by atoms with Crippen LogP contribution in [0.2, 0.25) is 0 Å². The molecular formula is C15H15Br2NO2. The van der Waals surface area contributed by atoms with Crippen molar-refractivity contribution < 1.29 is 9.84 Å². The first-order chi connectivity index (χ1) is 9.51. The number of ether oxygens (including phenoxy) is 1. The minimum atomic E-state index is 0.0852. The van der Waals surface area contributed by atoms with Gasteiger partial charge in [0.05, 0.1) is 7.11 Å². The van der Waals surface area contributed by atoms with Crippen molar-refractivity contribution in [3.05, 3.63) is 50.9 Å². The molecule has 0 radical (unpaired) electrons. The van der Waals surface area contributed by atoms with Crippen LogP contribution in [0.15, 0.2) is 45.3 Å². The zero-order valence-electron chi connectivity index (χ0n) is 11.2. The summed E-state index contributed by atoms with van der Waals surface area (Å²) in [6.45, 7) is 2.06. The molecule has 0 bridgehead atoms. The first kappa shape index (κ1) is 15.2. The van der Waals surface area contributed by atoms with Crippen LogP contribution < -0.4 is 10.1 Å². The van der Waals surface area contributed by atoms with Gasteiger partial charge in [0.25, 0.3) is 0 Å². The first-order valence-electron chi connectivity index (χ1n) is 6.09. The Morgan fingerprint density at radius 3 is 2.55 bits per heavy atom. The van der Waals surface area contributed by atoms with Gasteiger partial charge in [-0.25, -0.2) is 0 Å². The monoisotopic (exact) mass is 399 g/mol. The average molecular weight is 401 g/mol. The molecule has 0 aliphatic rings. The summed E-state index contributed by atoms with van der Waals surface area (Å²) >= 11 is 6.96. The average Bonchev–Trinajstić information content (AvgIpc) is 2.42. The van der Waals surface area contributed by atoms with Crippen molar-refractivity contribution in [3.8, 4) is 11.5 Å². The predicted octanol–water partition coefficient (Wildman–Crippen LogP) is 5.10. The third-order valence-electron chi connectivity index (χ3n) is 3.01. The molecule has 2 aromatic carbocycles. The molecule has 0 aliphatic carbocycles. The Balaban J connectivity index is 2.21. The number of benzene rings is 2. The molecule has 0 heterocycles. The Labute approximate surface area is 135 Å². The highest BCUT2D eigenvalue weighted by Gasteiger charge is 2.10. The molecule has 3 nitrogen and oxygen atoms in total. The van der Waals surface area contributed by atoms with Gasteiger partial charge in [-0.1, -0.05) is 22.0 Å². The third kappa shape index (κ3) is 3.46. The second-order valence-corrected chi connectivity index (χ2v) is 6.19. The molecule has 0 aromatic heterocycles. The molecule has 2 N–H and O–H groups in total. The number of aromatic hydroxyl groups is 1. The molecule has 2 rings (SSSR count). The molecule has 0 saturated carbocycles. The van der Waals surface area contributed by atoms with E-state index in [1.165, 1.54) is 0 Å². The van der Waals surface area contributed by atoms with E-state index in [9.17, 15) is 5.11 Å². The van der Waals surface area contributed by atoms with Gasteiger partial charge in [-0.15, -0.1) is 0 Å². The Hall–Kier alpha value is -1.20. The third-order valence-corrected chi connectivity index (χ3v) is 4.16. The van der Waals surface area contributed by atoms with E-state index in [1.54, 1.807) is 13.2 Å². The summed E-state index contributed by atoms with van der Waals surface area (Å²) in [4.78, 5) is 0. The molecule has 0 saturated heterocycles. The molecular weight excluding hydrogens is 386 g/mol. The zero-order chi connectivity index (χ0) is 14.7. The van der Waals surface area contributed by atoms with E-state index in [2.05, 4.69) is 44.1 Å². The van der Waals surface area contributed by atoms with Crippen LogP contribution in [0.4, 0.5) is 5.69 Å². The molecule has 2 aromatic rings. The molecule has 1 unspecified atom stereocenters. The van der Waals surface area contributed by atoms with E-state index >= 15 is 0 Å². The fourth-order valence-electron chi connectivity index (χ4n) is 1.89. The lowest BCUT2D eigenvalue weighted by Gasteiger charge is -2.18. The molecule has 5 heteroatoms. The van der Waals surface area contributed by atoms with E-state index in [0.717, 1.165) is 20.2 Å². The maximum absolute atomic E-state index is 9.62. The van der Waals surface area contributed by atoms with E-state index in [1.807, 2.05) is 30.3 Å².